The number of allylic oxidation sites excluding steroid dienone is 1. The average Bonchev–Trinajstić information content (AvgIpc) is 2.47. The molecule has 2 aliphatic heterocycles. The van der Waals surface area contributed by atoms with E-state index in [1.165, 1.54) is 38.2 Å². The number of fused-ring (bicyclic) bond motifs is 1. The minimum atomic E-state index is 0.797. The first-order valence-electron chi connectivity index (χ1n) is 5.29. The van der Waals surface area contributed by atoms with Crippen LogP contribution in [0.3, 0.4) is 0 Å². The molecule has 0 aromatic heterocycles. The highest BCUT2D eigenvalue weighted by Gasteiger charge is 2.35. The lowest BCUT2D eigenvalue weighted by Gasteiger charge is -2.38. The average molecular weight is 180 g/mol. The molecular weight excluding hydrogens is 160 g/mol. The molecule has 2 nitrogen and oxygen atoms in total. The molecule has 0 saturated carbocycles. The molecule has 0 bridgehead atoms. The van der Waals surface area contributed by atoms with Crippen LogP contribution in [0.5, 0.6) is 0 Å². The molecule has 0 amide bonds. The van der Waals surface area contributed by atoms with Gasteiger partial charge in [-0.15, -0.1) is 0 Å². The maximum atomic E-state index is 4.03. The monoisotopic (exact) mass is 180 g/mol. The predicted octanol–water partition coefficient (Wildman–Crippen LogP) is 1.55. The van der Waals surface area contributed by atoms with E-state index in [9.17, 15) is 0 Å². The van der Waals surface area contributed by atoms with E-state index in [4.69, 9.17) is 0 Å². The third-order valence-electron chi connectivity index (χ3n) is 3.68. The second-order valence-corrected chi connectivity index (χ2v) is 4.57. The van der Waals surface area contributed by atoms with Crippen molar-refractivity contribution < 1.29 is 0 Å². The molecule has 0 aromatic rings. The summed E-state index contributed by atoms with van der Waals surface area (Å²) in [5, 5.41) is 0. The van der Waals surface area contributed by atoms with Crippen molar-refractivity contribution in [3.63, 3.8) is 0 Å². The molecule has 74 valence electrons. The van der Waals surface area contributed by atoms with Crippen LogP contribution >= 0.6 is 0 Å². The van der Waals surface area contributed by atoms with Crippen molar-refractivity contribution in [3.8, 4) is 0 Å². The topological polar surface area (TPSA) is 6.48 Å². The maximum Gasteiger partial charge on any atom is 0.0333 e. The van der Waals surface area contributed by atoms with Gasteiger partial charge in [-0.05, 0) is 39.3 Å². The SMILES string of the molecule is C=C(C)N1CCC2CCN(C)C2C1. The Hall–Kier alpha value is -0.500. The summed E-state index contributed by atoms with van der Waals surface area (Å²) in [6.45, 7) is 9.87. The molecule has 2 heteroatoms. The third kappa shape index (κ3) is 1.60. The van der Waals surface area contributed by atoms with Gasteiger partial charge in [-0.2, -0.15) is 0 Å². The van der Waals surface area contributed by atoms with Gasteiger partial charge in [0.2, 0.25) is 0 Å². The lowest BCUT2D eigenvalue weighted by atomic mass is 9.92. The molecule has 0 spiro atoms. The molecule has 2 unspecified atom stereocenters. The molecule has 0 aromatic carbocycles. The second-order valence-electron chi connectivity index (χ2n) is 4.57. The summed E-state index contributed by atoms with van der Waals surface area (Å²) in [5.41, 5.74) is 1.23. The van der Waals surface area contributed by atoms with Gasteiger partial charge >= 0.3 is 0 Å². The van der Waals surface area contributed by atoms with Crippen LogP contribution in [-0.2, 0) is 0 Å². The van der Waals surface area contributed by atoms with Gasteiger partial charge in [0, 0.05) is 24.8 Å². The Balaban J connectivity index is 2.01. The van der Waals surface area contributed by atoms with Crippen LogP contribution in [0.1, 0.15) is 19.8 Å². The van der Waals surface area contributed by atoms with Crippen molar-refractivity contribution >= 4 is 0 Å². The van der Waals surface area contributed by atoms with Crippen molar-refractivity contribution in [3.05, 3.63) is 12.3 Å². The molecule has 2 atom stereocenters. The van der Waals surface area contributed by atoms with Crippen LogP contribution in [-0.4, -0.2) is 42.5 Å². The van der Waals surface area contributed by atoms with Gasteiger partial charge in [0.1, 0.15) is 0 Å². The Morgan fingerprint density at radius 1 is 1.31 bits per heavy atom. The maximum absolute atomic E-state index is 4.03. The van der Waals surface area contributed by atoms with E-state index >= 15 is 0 Å². The molecule has 2 aliphatic rings. The lowest BCUT2D eigenvalue weighted by molar-refractivity contribution is 0.145. The predicted molar refractivity (Wildman–Crippen MR) is 55.5 cm³/mol. The summed E-state index contributed by atoms with van der Waals surface area (Å²) in [6.07, 6.45) is 2.77. The van der Waals surface area contributed by atoms with Crippen molar-refractivity contribution in [1.29, 1.82) is 0 Å². The van der Waals surface area contributed by atoms with Gasteiger partial charge in [-0.1, -0.05) is 6.58 Å². The summed E-state index contributed by atoms with van der Waals surface area (Å²) < 4.78 is 0. The largest absolute Gasteiger partial charge is 0.374 e. The number of rotatable bonds is 1. The molecule has 0 aliphatic carbocycles. The second kappa shape index (κ2) is 3.33. The zero-order valence-corrected chi connectivity index (χ0v) is 8.79. The Labute approximate surface area is 81.2 Å². The zero-order chi connectivity index (χ0) is 9.42. The summed E-state index contributed by atoms with van der Waals surface area (Å²) in [6, 6.07) is 0.797. The van der Waals surface area contributed by atoms with Crippen LogP contribution in [0, 0.1) is 5.92 Å². The van der Waals surface area contributed by atoms with Gasteiger partial charge < -0.3 is 9.80 Å². The van der Waals surface area contributed by atoms with Gasteiger partial charge in [-0.25, -0.2) is 0 Å². The van der Waals surface area contributed by atoms with Gasteiger partial charge in [0.15, 0.2) is 0 Å². The highest BCUT2D eigenvalue weighted by atomic mass is 15.2. The summed E-state index contributed by atoms with van der Waals surface area (Å²) >= 11 is 0. The van der Waals surface area contributed by atoms with Gasteiger partial charge in [0.05, 0.1) is 0 Å². The van der Waals surface area contributed by atoms with E-state index in [1.54, 1.807) is 0 Å². The molecule has 2 saturated heterocycles. The molecule has 0 N–H and O–H groups in total. The van der Waals surface area contributed by atoms with E-state index in [1.807, 2.05) is 0 Å². The van der Waals surface area contributed by atoms with Crippen LogP contribution in [0.15, 0.2) is 12.3 Å². The van der Waals surface area contributed by atoms with Crippen molar-refractivity contribution in [2.75, 3.05) is 26.7 Å². The van der Waals surface area contributed by atoms with E-state index in [0.29, 0.717) is 0 Å². The van der Waals surface area contributed by atoms with Crippen LogP contribution in [0.25, 0.3) is 0 Å². The first kappa shape index (κ1) is 9.07. The highest BCUT2D eigenvalue weighted by Crippen LogP contribution is 2.31. The Morgan fingerprint density at radius 3 is 2.69 bits per heavy atom. The van der Waals surface area contributed by atoms with E-state index < -0.39 is 0 Å². The van der Waals surface area contributed by atoms with Crippen LogP contribution in [0.2, 0.25) is 0 Å². The van der Waals surface area contributed by atoms with Gasteiger partial charge in [0.25, 0.3) is 0 Å². The third-order valence-corrected chi connectivity index (χ3v) is 3.68. The Morgan fingerprint density at radius 2 is 2.00 bits per heavy atom. The minimum Gasteiger partial charge on any atom is -0.374 e. The zero-order valence-electron chi connectivity index (χ0n) is 8.79. The molecule has 2 fully saturated rings. The van der Waals surface area contributed by atoms with Gasteiger partial charge in [-0.3, -0.25) is 0 Å². The summed E-state index contributed by atoms with van der Waals surface area (Å²) in [5.74, 6) is 0.959. The van der Waals surface area contributed by atoms with E-state index in [0.717, 1.165) is 12.0 Å². The normalized spacial score (nSPS) is 34.8. The molecule has 0 radical (unpaired) electrons. The van der Waals surface area contributed by atoms with Crippen molar-refractivity contribution in [1.82, 2.24) is 9.80 Å². The number of hydrogen-bond acceptors (Lipinski definition) is 2. The first-order chi connectivity index (χ1) is 6.18. The highest BCUT2D eigenvalue weighted by molar-refractivity contribution is 4.98. The fourth-order valence-electron chi connectivity index (χ4n) is 2.70. The summed E-state index contributed by atoms with van der Waals surface area (Å²) in [4.78, 5) is 4.95. The number of likely N-dealkylation sites (tertiary alicyclic amines) is 2. The standard InChI is InChI=1S/C11H20N2/c1-9(2)13-7-5-10-4-6-12(3)11(10)8-13/h10-11H,1,4-8H2,2-3H3. The van der Waals surface area contributed by atoms with Crippen molar-refractivity contribution in [2.45, 2.75) is 25.8 Å². The van der Waals surface area contributed by atoms with E-state index in [-0.39, 0.29) is 0 Å². The summed E-state index contributed by atoms with van der Waals surface area (Å²) in [7, 11) is 2.26. The molecule has 13 heavy (non-hydrogen) atoms. The number of likely N-dealkylation sites (N-methyl/N-ethyl adjacent to an activating group) is 1. The fourth-order valence-corrected chi connectivity index (χ4v) is 2.70. The smallest absolute Gasteiger partial charge is 0.0333 e. The van der Waals surface area contributed by atoms with Crippen molar-refractivity contribution in [2.24, 2.45) is 5.92 Å². The number of nitrogens with zero attached hydrogens (tertiary/aromatic N) is 2. The van der Waals surface area contributed by atoms with Crippen LogP contribution in [0.4, 0.5) is 0 Å². The minimum absolute atomic E-state index is 0.797. The quantitative estimate of drug-likeness (QED) is 0.604. The van der Waals surface area contributed by atoms with E-state index in [2.05, 4.69) is 30.4 Å². The Kier molecular flexibility index (Phi) is 2.33. The molecule has 2 rings (SSSR count). The van der Waals surface area contributed by atoms with Crippen LogP contribution < -0.4 is 0 Å². The first-order valence-corrected chi connectivity index (χ1v) is 5.29. The molecular formula is C11H20N2. The molecule has 2 heterocycles. The lowest BCUT2D eigenvalue weighted by Crippen LogP contribution is -2.45. The number of hydrogen-bond donors (Lipinski definition) is 0. The Bertz CT molecular complexity index is 212. The fraction of sp³-hybridized carbons (Fsp3) is 0.818. The number of piperidine rings is 1.